The molecule has 0 spiro atoms. The Bertz CT molecular complexity index is 1080. The Kier molecular flexibility index (Phi) is 5.76. The highest BCUT2D eigenvalue weighted by Crippen LogP contribution is 2.41. The molecule has 0 fully saturated rings. The van der Waals surface area contributed by atoms with Crippen molar-refractivity contribution in [3.8, 4) is 11.5 Å². The third-order valence-corrected chi connectivity index (χ3v) is 5.31. The molecule has 2 aromatic rings. The first-order chi connectivity index (χ1) is 14.5. The van der Waals surface area contributed by atoms with Crippen LogP contribution in [0.25, 0.3) is 6.08 Å². The number of aliphatic hydroxyl groups is 1. The summed E-state index contributed by atoms with van der Waals surface area (Å²) in [4.78, 5) is 17.3. The number of esters is 1. The van der Waals surface area contributed by atoms with Crippen molar-refractivity contribution < 1.29 is 28.5 Å². The van der Waals surface area contributed by atoms with E-state index in [9.17, 15) is 14.3 Å². The molecular weight excluding hydrogens is 409 g/mol. The van der Waals surface area contributed by atoms with E-state index in [4.69, 9.17) is 14.2 Å². The molecule has 1 N–H and O–H groups in total. The number of nitrogens with zero attached hydrogens (tertiary/aromatic N) is 1. The molecule has 0 saturated carbocycles. The van der Waals surface area contributed by atoms with Crippen molar-refractivity contribution in [1.29, 1.82) is 0 Å². The number of hydrogen-bond donors (Lipinski definition) is 1. The maximum atomic E-state index is 13.2. The molecule has 0 amide bonds. The van der Waals surface area contributed by atoms with Crippen molar-refractivity contribution in [2.75, 3.05) is 19.8 Å². The van der Waals surface area contributed by atoms with Crippen LogP contribution in [0.15, 0.2) is 63.7 Å². The van der Waals surface area contributed by atoms with Gasteiger partial charge in [0.2, 0.25) is 0 Å². The van der Waals surface area contributed by atoms with E-state index in [-0.39, 0.29) is 28.8 Å². The summed E-state index contributed by atoms with van der Waals surface area (Å²) in [6, 6.07) is 11.0. The van der Waals surface area contributed by atoms with Gasteiger partial charge in [-0.05, 0) is 55.0 Å². The van der Waals surface area contributed by atoms with Gasteiger partial charge in [0.05, 0.1) is 17.2 Å². The van der Waals surface area contributed by atoms with Gasteiger partial charge in [-0.1, -0.05) is 17.8 Å². The van der Waals surface area contributed by atoms with Crippen molar-refractivity contribution in [3.63, 3.8) is 0 Å². The van der Waals surface area contributed by atoms with Gasteiger partial charge in [-0.25, -0.2) is 14.2 Å². The van der Waals surface area contributed by atoms with E-state index in [1.54, 1.807) is 25.1 Å². The second-order valence-corrected chi connectivity index (χ2v) is 7.38. The van der Waals surface area contributed by atoms with Gasteiger partial charge in [0, 0.05) is 0 Å². The van der Waals surface area contributed by atoms with Crippen molar-refractivity contribution in [1.82, 2.24) is 0 Å². The zero-order valence-corrected chi connectivity index (χ0v) is 16.9. The van der Waals surface area contributed by atoms with Gasteiger partial charge in [0.15, 0.2) is 11.5 Å². The lowest BCUT2D eigenvalue weighted by Crippen LogP contribution is -2.15. The highest BCUT2D eigenvalue weighted by atomic mass is 32.2. The molecule has 0 unspecified atom stereocenters. The molecule has 0 atom stereocenters. The average Bonchev–Trinajstić information content (AvgIpc) is 3.04. The summed E-state index contributed by atoms with van der Waals surface area (Å²) in [5.41, 5.74) is 1.20. The van der Waals surface area contributed by atoms with E-state index in [0.29, 0.717) is 35.3 Å². The molecule has 0 saturated heterocycles. The van der Waals surface area contributed by atoms with E-state index in [1.807, 2.05) is 6.07 Å². The quantitative estimate of drug-likeness (QED) is 0.707. The fourth-order valence-electron chi connectivity index (χ4n) is 2.93. The molecule has 30 heavy (non-hydrogen) atoms. The number of halogens is 1. The number of rotatable bonds is 4. The predicted molar refractivity (Wildman–Crippen MR) is 113 cm³/mol. The van der Waals surface area contributed by atoms with Gasteiger partial charge in [-0.2, -0.15) is 0 Å². The van der Waals surface area contributed by atoms with Crippen LogP contribution in [-0.4, -0.2) is 35.9 Å². The number of hydrogen-bond acceptors (Lipinski definition) is 7. The normalized spacial score (nSPS) is 18.2. The molecule has 2 heterocycles. The van der Waals surface area contributed by atoms with Crippen molar-refractivity contribution >= 4 is 34.5 Å². The van der Waals surface area contributed by atoms with E-state index in [1.165, 1.54) is 24.3 Å². The van der Waals surface area contributed by atoms with Crippen LogP contribution < -0.4 is 9.47 Å². The molecular formula is C22H18FNO5S. The smallest absolute Gasteiger partial charge is 0.344 e. The molecule has 8 heteroatoms. The monoisotopic (exact) mass is 427 g/mol. The van der Waals surface area contributed by atoms with Crippen LogP contribution in [0.1, 0.15) is 12.5 Å². The van der Waals surface area contributed by atoms with Gasteiger partial charge in [-0.3, -0.25) is 0 Å². The van der Waals surface area contributed by atoms with Gasteiger partial charge in [-0.15, -0.1) is 0 Å². The number of ether oxygens (including phenoxy) is 3. The minimum absolute atomic E-state index is 0.0185. The van der Waals surface area contributed by atoms with Gasteiger partial charge < -0.3 is 19.3 Å². The molecule has 154 valence electrons. The first-order valence-corrected chi connectivity index (χ1v) is 10.1. The molecule has 4 rings (SSSR count). The van der Waals surface area contributed by atoms with Crippen LogP contribution in [0, 0.1) is 5.82 Å². The van der Waals surface area contributed by atoms with Crippen molar-refractivity contribution in [2.24, 2.45) is 4.99 Å². The maximum absolute atomic E-state index is 13.2. The SMILES string of the molecule is CCOC(=O)C1=C(O)/C(=C\c2ccc3c(c2)OCCO3)SC1=Nc1ccc(F)cc1. The molecule has 6 nitrogen and oxygen atoms in total. The lowest BCUT2D eigenvalue weighted by atomic mass is 10.1. The Morgan fingerprint density at radius 1 is 1.20 bits per heavy atom. The largest absolute Gasteiger partial charge is 0.506 e. The van der Waals surface area contributed by atoms with Crippen LogP contribution >= 0.6 is 11.8 Å². The van der Waals surface area contributed by atoms with E-state index < -0.39 is 5.97 Å². The summed E-state index contributed by atoms with van der Waals surface area (Å²) in [5, 5.41) is 11.0. The van der Waals surface area contributed by atoms with Crippen LogP contribution in [0.4, 0.5) is 10.1 Å². The highest BCUT2D eigenvalue weighted by Gasteiger charge is 2.33. The minimum atomic E-state index is -0.672. The maximum Gasteiger partial charge on any atom is 0.344 e. The Hall–Kier alpha value is -3.26. The topological polar surface area (TPSA) is 77.4 Å². The fraction of sp³-hybridized carbons (Fsp3) is 0.182. The second-order valence-electron chi connectivity index (χ2n) is 6.35. The third kappa shape index (κ3) is 4.18. The zero-order chi connectivity index (χ0) is 21.1. The number of aliphatic hydroxyl groups excluding tert-OH is 1. The summed E-state index contributed by atoms with van der Waals surface area (Å²) < 4.78 is 29.4. The number of carbonyl (C=O) groups is 1. The zero-order valence-electron chi connectivity index (χ0n) is 16.1. The Morgan fingerprint density at radius 3 is 2.67 bits per heavy atom. The Balaban J connectivity index is 1.71. The van der Waals surface area contributed by atoms with Crippen molar-refractivity contribution in [3.05, 3.63) is 70.1 Å². The third-order valence-electron chi connectivity index (χ3n) is 4.29. The lowest BCUT2D eigenvalue weighted by molar-refractivity contribution is -0.138. The predicted octanol–water partition coefficient (Wildman–Crippen LogP) is 4.79. The summed E-state index contributed by atoms with van der Waals surface area (Å²) >= 11 is 1.13. The standard InChI is InChI=1S/C22H18FNO5S/c1-2-27-22(26)19-20(25)18(30-21(19)24-15-6-4-14(23)5-7-15)12-13-3-8-16-17(11-13)29-10-9-28-16/h3-8,11-12,25H,2,9-10H2,1H3/b18-12+,24-21?. The molecule has 0 aromatic heterocycles. The molecule has 2 aliphatic rings. The van der Waals surface area contributed by atoms with E-state index in [2.05, 4.69) is 4.99 Å². The lowest BCUT2D eigenvalue weighted by Gasteiger charge is -2.18. The van der Waals surface area contributed by atoms with Gasteiger partial charge >= 0.3 is 5.97 Å². The second kappa shape index (κ2) is 8.62. The molecule has 0 aliphatic carbocycles. The first kappa shape index (κ1) is 20.0. The van der Waals surface area contributed by atoms with E-state index in [0.717, 1.165) is 17.3 Å². The number of thioether (sulfide) groups is 1. The number of carbonyl (C=O) groups excluding carboxylic acids is 1. The van der Waals surface area contributed by atoms with E-state index >= 15 is 0 Å². The van der Waals surface area contributed by atoms with Crippen LogP contribution in [-0.2, 0) is 9.53 Å². The van der Waals surface area contributed by atoms with Crippen LogP contribution in [0.2, 0.25) is 0 Å². The van der Waals surface area contributed by atoms with Crippen LogP contribution in [0.3, 0.4) is 0 Å². The fourth-order valence-corrected chi connectivity index (χ4v) is 3.96. The Labute approximate surface area is 176 Å². The summed E-state index contributed by atoms with van der Waals surface area (Å²) in [5.74, 6) is 0.00487. The Morgan fingerprint density at radius 2 is 1.93 bits per heavy atom. The molecule has 2 aromatic carbocycles. The molecule has 2 aliphatic heterocycles. The first-order valence-electron chi connectivity index (χ1n) is 9.29. The number of aliphatic imine (C=N–C) groups is 1. The highest BCUT2D eigenvalue weighted by molar-refractivity contribution is 8.18. The summed E-state index contributed by atoms with van der Waals surface area (Å²) in [6.45, 7) is 2.80. The molecule has 0 bridgehead atoms. The van der Waals surface area contributed by atoms with Gasteiger partial charge in [0.1, 0.15) is 35.4 Å². The summed E-state index contributed by atoms with van der Waals surface area (Å²) in [6.07, 6.45) is 1.73. The van der Waals surface area contributed by atoms with Gasteiger partial charge in [0.25, 0.3) is 0 Å². The molecule has 0 radical (unpaired) electrons. The van der Waals surface area contributed by atoms with Crippen molar-refractivity contribution in [2.45, 2.75) is 6.92 Å². The number of benzene rings is 2. The number of fused-ring (bicyclic) bond motifs is 1. The average molecular weight is 427 g/mol. The summed E-state index contributed by atoms with van der Waals surface area (Å²) in [7, 11) is 0. The minimum Gasteiger partial charge on any atom is -0.506 e. The van der Waals surface area contributed by atoms with Crippen LogP contribution in [0.5, 0.6) is 11.5 Å².